The molecule has 0 spiro atoms. The number of morpholine rings is 1. The standard InChI is InChI=1S/C18H23N3O3/c1-12-11-23-18(15-7-5-4-6-8-15)14(3)21(12)10-17(22)19-16-9-13(2)24-20-16/h4-9,12,14,18H,10-11H2,1-3H3,(H,19,20,22). The summed E-state index contributed by atoms with van der Waals surface area (Å²) in [4.78, 5) is 14.5. The molecule has 1 N–H and O–H groups in total. The Labute approximate surface area is 141 Å². The number of nitrogens with one attached hydrogen (secondary N) is 1. The molecule has 6 nitrogen and oxygen atoms in total. The van der Waals surface area contributed by atoms with Gasteiger partial charge in [-0.1, -0.05) is 35.5 Å². The topological polar surface area (TPSA) is 67.6 Å². The van der Waals surface area contributed by atoms with Crippen molar-refractivity contribution in [2.75, 3.05) is 18.5 Å². The molecular weight excluding hydrogens is 306 g/mol. The van der Waals surface area contributed by atoms with Crippen LogP contribution in [0.5, 0.6) is 0 Å². The van der Waals surface area contributed by atoms with Gasteiger partial charge in [-0.05, 0) is 26.3 Å². The van der Waals surface area contributed by atoms with E-state index in [4.69, 9.17) is 9.26 Å². The molecule has 0 aliphatic carbocycles. The van der Waals surface area contributed by atoms with Crippen LogP contribution in [-0.2, 0) is 9.53 Å². The summed E-state index contributed by atoms with van der Waals surface area (Å²) >= 11 is 0. The zero-order valence-corrected chi connectivity index (χ0v) is 14.2. The fraction of sp³-hybridized carbons (Fsp3) is 0.444. The summed E-state index contributed by atoms with van der Waals surface area (Å²) in [7, 11) is 0. The number of ether oxygens (including phenoxy) is 1. The van der Waals surface area contributed by atoms with Gasteiger partial charge in [-0.2, -0.15) is 0 Å². The maximum atomic E-state index is 12.3. The first kappa shape index (κ1) is 16.7. The number of aryl methyl sites for hydroxylation is 1. The lowest BCUT2D eigenvalue weighted by Crippen LogP contribution is -2.53. The van der Waals surface area contributed by atoms with E-state index in [0.717, 1.165) is 5.56 Å². The van der Waals surface area contributed by atoms with Crippen molar-refractivity contribution >= 4 is 11.7 Å². The summed E-state index contributed by atoms with van der Waals surface area (Å²) in [6.07, 6.45) is -0.0375. The van der Waals surface area contributed by atoms with E-state index in [0.29, 0.717) is 24.7 Å². The lowest BCUT2D eigenvalue weighted by Gasteiger charge is -2.43. The van der Waals surface area contributed by atoms with Crippen molar-refractivity contribution in [3.8, 4) is 0 Å². The summed E-state index contributed by atoms with van der Waals surface area (Å²) in [5.74, 6) is 1.02. The largest absolute Gasteiger partial charge is 0.370 e. The third kappa shape index (κ3) is 3.66. The van der Waals surface area contributed by atoms with E-state index in [1.165, 1.54) is 0 Å². The van der Waals surface area contributed by atoms with Crippen LogP contribution in [0.4, 0.5) is 5.82 Å². The molecule has 3 atom stereocenters. The monoisotopic (exact) mass is 329 g/mol. The number of carbonyl (C=O) groups excluding carboxylic acids is 1. The van der Waals surface area contributed by atoms with Gasteiger partial charge in [0.1, 0.15) is 5.76 Å². The Morgan fingerprint density at radius 1 is 1.33 bits per heavy atom. The van der Waals surface area contributed by atoms with Crippen molar-refractivity contribution in [2.45, 2.75) is 39.0 Å². The average Bonchev–Trinajstić information content (AvgIpc) is 2.97. The van der Waals surface area contributed by atoms with Gasteiger partial charge in [0.15, 0.2) is 5.82 Å². The quantitative estimate of drug-likeness (QED) is 0.934. The molecule has 6 heteroatoms. The average molecular weight is 329 g/mol. The number of carbonyl (C=O) groups is 1. The number of hydrogen-bond donors (Lipinski definition) is 1. The van der Waals surface area contributed by atoms with Crippen molar-refractivity contribution in [1.82, 2.24) is 10.1 Å². The molecule has 0 bridgehead atoms. The Balaban J connectivity index is 1.67. The molecule has 1 saturated heterocycles. The number of rotatable bonds is 4. The molecular formula is C18H23N3O3. The normalized spacial score (nSPS) is 24.7. The molecule has 1 aromatic heterocycles. The first-order valence-corrected chi connectivity index (χ1v) is 8.20. The van der Waals surface area contributed by atoms with Gasteiger partial charge in [0.2, 0.25) is 5.91 Å². The van der Waals surface area contributed by atoms with Crippen LogP contribution in [0.25, 0.3) is 0 Å². The van der Waals surface area contributed by atoms with E-state index in [1.54, 1.807) is 13.0 Å². The van der Waals surface area contributed by atoms with Crippen molar-refractivity contribution < 1.29 is 14.1 Å². The minimum atomic E-state index is -0.101. The van der Waals surface area contributed by atoms with Gasteiger partial charge in [0.25, 0.3) is 0 Å². The highest BCUT2D eigenvalue weighted by Crippen LogP contribution is 2.30. The maximum absolute atomic E-state index is 12.3. The number of benzene rings is 1. The molecule has 1 aliphatic rings. The second kappa shape index (κ2) is 7.15. The number of amides is 1. The van der Waals surface area contributed by atoms with Gasteiger partial charge < -0.3 is 14.6 Å². The smallest absolute Gasteiger partial charge is 0.239 e. The SMILES string of the molecule is Cc1cc(NC(=O)CN2C(C)COC(c3ccccc3)C2C)no1. The summed E-state index contributed by atoms with van der Waals surface area (Å²) in [5.41, 5.74) is 1.13. The number of anilines is 1. The Hall–Kier alpha value is -2.18. The van der Waals surface area contributed by atoms with Crippen LogP contribution in [0.2, 0.25) is 0 Å². The minimum Gasteiger partial charge on any atom is -0.370 e. The Kier molecular flexibility index (Phi) is 4.97. The molecule has 3 rings (SSSR count). The van der Waals surface area contributed by atoms with E-state index in [-0.39, 0.29) is 24.1 Å². The van der Waals surface area contributed by atoms with Gasteiger partial charge in [-0.15, -0.1) is 0 Å². The minimum absolute atomic E-state index is 0.0375. The predicted molar refractivity (Wildman–Crippen MR) is 90.6 cm³/mol. The van der Waals surface area contributed by atoms with E-state index in [2.05, 4.69) is 41.4 Å². The predicted octanol–water partition coefficient (Wildman–Crippen LogP) is 2.77. The highest BCUT2D eigenvalue weighted by atomic mass is 16.5. The van der Waals surface area contributed by atoms with Crippen molar-refractivity contribution in [1.29, 1.82) is 0 Å². The second-order valence-electron chi connectivity index (χ2n) is 6.30. The molecule has 0 radical (unpaired) electrons. The van der Waals surface area contributed by atoms with Crippen molar-refractivity contribution in [3.63, 3.8) is 0 Å². The molecule has 1 aromatic carbocycles. The lowest BCUT2D eigenvalue weighted by molar-refractivity contribution is -0.127. The van der Waals surface area contributed by atoms with Crippen molar-refractivity contribution in [2.24, 2.45) is 0 Å². The molecule has 3 unspecified atom stereocenters. The van der Waals surface area contributed by atoms with Crippen LogP contribution in [0, 0.1) is 6.92 Å². The molecule has 24 heavy (non-hydrogen) atoms. The Morgan fingerprint density at radius 3 is 2.75 bits per heavy atom. The lowest BCUT2D eigenvalue weighted by atomic mass is 9.98. The molecule has 2 aromatic rings. The molecule has 128 valence electrons. The van der Waals surface area contributed by atoms with E-state index < -0.39 is 0 Å². The van der Waals surface area contributed by atoms with Gasteiger partial charge in [-0.3, -0.25) is 9.69 Å². The van der Waals surface area contributed by atoms with Gasteiger partial charge in [0, 0.05) is 18.2 Å². The summed E-state index contributed by atoms with van der Waals surface area (Å²) in [6.45, 7) is 6.85. The summed E-state index contributed by atoms with van der Waals surface area (Å²) in [6, 6.07) is 12.1. The molecule has 2 heterocycles. The Morgan fingerprint density at radius 2 is 2.08 bits per heavy atom. The third-order valence-corrected chi connectivity index (χ3v) is 4.39. The van der Waals surface area contributed by atoms with Gasteiger partial charge in [0.05, 0.1) is 19.3 Å². The highest BCUT2D eigenvalue weighted by Gasteiger charge is 2.35. The molecule has 1 aliphatic heterocycles. The third-order valence-electron chi connectivity index (χ3n) is 4.39. The van der Waals surface area contributed by atoms with E-state index in [1.807, 2.05) is 18.2 Å². The van der Waals surface area contributed by atoms with Crippen LogP contribution < -0.4 is 5.32 Å². The van der Waals surface area contributed by atoms with Crippen LogP contribution in [0.3, 0.4) is 0 Å². The number of nitrogens with zero attached hydrogens (tertiary/aromatic N) is 2. The zero-order valence-electron chi connectivity index (χ0n) is 14.2. The zero-order chi connectivity index (χ0) is 17.1. The first-order chi connectivity index (χ1) is 11.5. The van der Waals surface area contributed by atoms with Crippen LogP contribution in [-0.4, -0.2) is 41.2 Å². The van der Waals surface area contributed by atoms with E-state index in [9.17, 15) is 4.79 Å². The van der Waals surface area contributed by atoms with Crippen LogP contribution in [0.15, 0.2) is 40.9 Å². The van der Waals surface area contributed by atoms with Crippen LogP contribution in [0.1, 0.15) is 31.3 Å². The van der Waals surface area contributed by atoms with Crippen molar-refractivity contribution in [3.05, 3.63) is 47.7 Å². The number of hydrogen-bond acceptors (Lipinski definition) is 5. The highest BCUT2D eigenvalue weighted by molar-refractivity contribution is 5.91. The maximum Gasteiger partial charge on any atom is 0.239 e. The Bertz CT molecular complexity index is 686. The molecule has 1 fully saturated rings. The van der Waals surface area contributed by atoms with Gasteiger partial charge in [-0.25, -0.2) is 0 Å². The van der Waals surface area contributed by atoms with Crippen LogP contribution >= 0.6 is 0 Å². The summed E-state index contributed by atoms with van der Waals surface area (Å²) < 4.78 is 11.0. The molecule has 1 amide bonds. The second-order valence-corrected chi connectivity index (χ2v) is 6.30. The molecule has 0 saturated carbocycles. The number of aromatic nitrogens is 1. The first-order valence-electron chi connectivity index (χ1n) is 8.20. The van der Waals surface area contributed by atoms with Gasteiger partial charge >= 0.3 is 0 Å². The van der Waals surface area contributed by atoms with E-state index >= 15 is 0 Å². The fourth-order valence-electron chi connectivity index (χ4n) is 3.14. The summed E-state index contributed by atoms with van der Waals surface area (Å²) in [5, 5.41) is 6.58. The fourth-order valence-corrected chi connectivity index (χ4v) is 3.14.